The Bertz CT molecular complexity index is 946. The Hall–Kier alpha value is -1.32. The van der Waals surface area contributed by atoms with Crippen molar-refractivity contribution in [3.8, 4) is 0 Å². The van der Waals surface area contributed by atoms with Crippen molar-refractivity contribution in [3.05, 3.63) is 36.5 Å². The molecule has 4 atom stereocenters. The lowest BCUT2D eigenvalue weighted by Gasteiger charge is -2.24. The minimum Gasteiger partial charge on any atom is -0.393 e. The number of rotatable bonds is 40. The van der Waals surface area contributed by atoms with Crippen LogP contribution in [0.2, 0.25) is 0 Å². The van der Waals surface area contributed by atoms with Gasteiger partial charge in [0.2, 0.25) is 5.91 Å². The summed E-state index contributed by atoms with van der Waals surface area (Å²) in [7, 11) is -4.40. The van der Waals surface area contributed by atoms with Gasteiger partial charge in [-0.3, -0.25) is 13.8 Å². The third-order valence-electron chi connectivity index (χ3n) is 9.49. The van der Waals surface area contributed by atoms with Crippen LogP contribution in [0.15, 0.2) is 36.5 Å². The number of carbonyl (C=O) groups is 1. The molecule has 0 aromatic carbocycles. The molecule has 53 heavy (non-hydrogen) atoms. The molecule has 4 unspecified atom stereocenters. The Morgan fingerprint density at radius 3 is 1.58 bits per heavy atom. The van der Waals surface area contributed by atoms with Crippen LogP contribution < -0.4 is 11.1 Å². The number of hydrogen-bond acceptors (Lipinski definition) is 7. The summed E-state index contributed by atoms with van der Waals surface area (Å²) >= 11 is 0. The number of aliphatic hydroxyl groups excluding tert-OH is 2. The van der Waals surface area contributed by atoms with E-state index in [9.17, 15) is 24.5 Å². The van der Waals surface area contributed by atoms with E-state index in [2.05, 4.69) is 43.5 Å². The first-order valence-electron chi connectivity index (χ1n) is 21.7. The zero-order chi connectivity index (χ0) is 39.1. The molecule has 0 aromatic rings. The summed E-state index contributed by atoms with van der Waals surface area (Å²) in [5.74, 6) is -0.463. The van der Waals surface area contributed by atoms with E-state index in [1.54, 1.807) is 6.08 Å². The minimum atomic E-state index is -4.40. The highest BCUT2D eigenvalue weighted by Gasteiger charge is 2.27. The topological polar surface area (TPSA) is 151 Å². The summed E-state index contributed by atoms with van der Waals surface area (Å²) in [6.45, 7) is 3.90. The van der Waals surface area contributed by atoms with Gasteiger partial charge in [-0.1, -0.05) is 166 Å². The molecule has 0 fully saturated rings. The molecular weight excluding hydrogens is 687 g/mol. The predicted molar refractivity (Wildman–Crippen MR) is 223 cm³/mol. The van der Waals surface area contributed by atoms with Gasteiger partial charge >= 0.3 is 7.82 Å². The lowest BCUT2D eigenvalue weighted by Crippen LogP contribution is -2.46. The molecule has 9 nitrogen and oxygen atoms in total. The molecule has 1 amide bonds. The van der Waals surface area contributed by atoms with E-state index in [1.165, 1.54) is 116 Å². The molecule has 0 aromatic heterocycles. The Kier molecular flexibility index (Phi) is 38.0. The fourth-order valence-electron chi connectivity index (χ4n) is 6.19. The highest BCUT2D eigenvalue weighted by Crippen LogP contribution is 2.43. The maximum Gasteiger partial charge on any atom is 0.472 e. The van der Waals surface area contributed by atoms with E-state index >= 15 is 0 Å². The number of nitrogens with one attached hydrogen (secondary N) is 1. The number of carbonyl (C=O) groups excluding carboxylic acids is 1. The van der Waals surface area contributed by atoms with Gasteiger partial charge in [0, 0.05) is 6.54 Å². The van der Waals surface area contributed by atoms with Crippen molar-refractivity contribution >= 4 is 13.7 Å². The number of nitrogens with two attached hydrogens (primary N) is 1. The summed E-state index contributed by atoms with van der Waals surface area (Å²) in [6.07, 6.45) is 42.5. The zero-order valence-corrected chi connectivity index (χ0v) is 35.0. The second kappa shape index (κ2) is 38.9. The third-order valence-corrected chi connectivity index (χ3v) is 10.5. The molecule has 0 aliphatic rings. The Morgan fingerprint density at radius 1 is 0.642 bits per heavy atom. The number of unbranched alkanes of at least 4 members (excludes halogenated alkanes) is 22. The van der Waals surface area contributed by atoms with Crippen molar-refractivity contribution in [1.29, 1.82) is 0 Å². The largest absolute Gasteiger partial charge is 0.472 e. The Balaban J connectivity index is 4.22. The Morgan fingerprint density at radius 2 is 1.08 bits per heavy atom. The molecule has 0 spiro atoms. The van der Waals surface area contributed by atoms with Crippen LogP contribution in [0, 0.1) is 0 Å². The summed E-state index contributed by atoms with van der Waals surface area (Å²) in [4.78, 5) is 22.7. The van der Waals surface area contributed by atoms with Crippen molar-refractivity contribution in [2.45, 2.75) is 212 Å². The van der Waals surface area contributed by atoms with Gasteiger partial charge in [-0.25, -0.2) is 4.57 Å². The van der Waals surface area contributed by atoms with E-state index in [0.717, 1.165) is 44.9 Å². The highest BCUT2D eigenvalue weighted by atomic mass is 31.2. The molecule has 0 saturated heterocycles. The molecule has 0 bridgehead atoms. The quantitative estimate of drug-likeness (QED) is 0.0235. The predicted octanol–water partition coefficient (Wildman–Crippen LogP) is 10.9. The molecule has 0 rings (SSSR count). The van der Waals surface area contributed by atoms with Crippen molar-refractivity contribution < 1.29 is 33.5 Å². The molecule has 0 radical (unpaired) electrons. The normalized spacial score (nSPS) is 15.1. The molecule has 10 heteroatoms. The van der Waals surface area contributed by atoms with Crippen LogP contribution in [0.25, 0.3) is 0 Å². The molecule has 312 valence electrons. The van der Waals surface area contributed by atoms with Crippen molar-refractivity contribution in [2.75, 3.05) is 19.8 Å². The average molecular weight is 771 g/mol. The number of allylic oxidation sites excluding steroid dienone is 5. The third kappa shape index (κ3) is 37.4. The monoisotopic (exact) mass is 771 g/mol. The van der Waals surface area contributed by atoms with Gasteiger partial charge in [0.1, 0.15) is 0 Å². The molecule has 0 heterocycles. The second-order valence-corrected chi connectivity index (χ2v) is 16.2. The highest BCUT2D eigenvalue weighted by molar-refractivity contribution is 7.47. The van der Waals surface area contributed by atoms with Gasteiger partial charge in [0.05, 0.1) is 37.9 Å². The zero-order valence-electron chi connectivity index (χ0n) is 34.1. The van der Waals surface area contributed by atoms with E-state index in [-0.39, 0.29) is 19.6 Å². The molecule has 6 N–H and O–H groups in total. The van der Waals surface area contributed by atoms with Crippen LogP contribution in [-0.2, 0) is 18.4 Å². The van der Waals surface area contributed by atoms with Crippen LogP contribution in [-0.4, -0.2) is 59.0 Å². The average Bonchev–Trinajstić information content (AvgIpc) is 3.13. The van der Waals surface area contributed by atoms with Crippen molar-refractivity contribution in [2.24, 2.45) is 5.73 Å². The van der Waals surface area contributed by atoms with Crippen molar-refractivity contribution in [3.63, 3.8) is 0 Å². The first-order valence-corrected chi connectivity index (χ1v) is 23.2. The standard InChI is InChI=1S/C43H83N2O7P/c1-3-5-7-9-11-13-15-16-17-18-19-20-21-22-23-24-25-26-28-30-32-34-40(46)38-43(48)45-41(39-52-53(49,50)51-37-36-44)42(47)35-33-31-29-27-14-12-10-8-6-4-2/h14,22-23,27,33,35,40-42,46-47H,3-13,15-21,24-26,28-32,34,36-39,44H2,1-2H3,(H,45,48)(H,49,50)/b23-22-,27-14+,35-33+. The summed E-state index contributed by atoms with van der Waals surface area (Å²) in [6, 6.07) is -0.999. The minimum absolute atomic E-state index is 0.0431. The van der Waals surface area contributed by atoms with Gasteiger partial charge in [0.15, 0.2) is 0 Å². The van der Waals surface area contributed by atoms with Crippen LogP contribution in [0.1, 0.15) is 194 Å². The number of hydrogen-bond donors (Lipinski definition) is 5. The van der Waals surface area contributed by atoms with Gasteiger partial charge in [0.25, 0.3) is 0 Å². The Labute approximate surface area is 325 Å². The van der Waals surface area contributed by atoms with Crippen LogP contribution in [0.5, 0.6) is 0 Å². The van der Waals surface area contributed by atoms with E-state index in [0.29, 0.717) is 12.8 Å². The molecule has 0 aliphatic heterocycles. The van der Waals surface area contributed by atoms with Crippen molar-refractivity contribution in [1.82, 2.24) is 5.32 Å². The summed E-state index contributed by atoms with van der Waals surface area (Å²) in [5, 5.41) is 23.9. The van der Waals surface area contributed by atoms with Crippen LogP contribution >= 0.6 is 7.82 Å². The van der Waals surface area contributed by atoms with E-state index < -0.39 is 38.6 Å². The number of phosphoric ester groups is 1. The van der Waals surface area contributed by atoms with Gasteiger partial charge in [-0.05, 0) is 57.8 Å². The number of aliphatic hydroxyl groups is 2. The van der Waals surface area contributed by atoms with Crippen LogP contribution in [0.3, 0.4) is 0 Å². The lowest BCUT2D eigenvalue weighted by atomic mass is 10.0. The first kappa shape index (κ1) is 51.7. The lowest BCUT2D eigenvalue weighted by molar-refractivity contribution is -0.124. The fourth-order valence-corrected chi connectivity index (χ4v) is 6.95. The van der Waals surface area contributed by atoms with Crippen LogP contribution in [0.4, 0.5) is 0 Å². The number of amides is 1. The first-order chi connectivity index (χ1) is 25.8. The summed E-state index contributed by atoms with van der Waals surface area (Å²) < 4.78 is 22.0. The SMILES string of the molecule is CCCCCC/C=C/CC/C=C/C(O)C(COP(=O)(O)OCCN)NC(=O)CC(O)CCCCCCC/C=C\CCCCCCCCCCCCCC. The molecular formula is C43H83N2O7P. The van der Waals surface area contributed by atoms with E-state index in [1.807, 2.05) is 6.08 Å². The van der Waals surface area contributed by atoms with Gasteiger partial charge in [-0.15, -0.1) is 0 Å². The maximum absolute atomic E-state index is 12.8. The van der Waals surface area contributed by atoms with Gasteiger partial charge < -0.3 is 26.2 Å². The molecule has 0 saturated carbocycles. The summed E-state index contributed by atoms with van der Waals surface area (Å²) in [5.41, 5.74) is 5.35. The second-order valence-electron chi connectivity index (χ2n) is 14.7. The van der Waals surface area contributed by atoms with Gasteiger partial charge in [-0.2, -0.15) is 0 Å². The smallest absolute Gasteiger partial charge is 0.393 e. The maximum atomic E-state index is 12.8. The fraction of sp³-hybridized carbons (Fsp3) is 0.837. The van der Waals surface area contributed by atoms with E-state index in [4.69, 9.17) is 14.8 Å². The number of phosphoric acid groups is 1. The molecule has 0 aliphatic carbocycles.